The van der Waals surface area contributed by atoms with Crippen LogP contribution in [0, 0.1) is 6.92 Å². The van der Waals surface area contributed by atoms with Crippen LogP contribution in [0.2, 0.25) is 0 Å². The molecule has 0 radical (unpaired) electrons. The molecule has 1 N–H and O–H groups in total. The summed E-state index contributed by atoms with van der Waals surface area (Å²) < 4.78 is 11.0. The van der Waals surface area contributed by atoms with Gasteiger partial charge in [-0.05, 0) is 33.1 Å². The van der Waals surface area contributed by atoms with E-state index in [1.54, 1.807) is 6.92 Å². The lowest BCUT2D eigenvalue weighted by Crippen LogP contribution is -2.30. The van der Waals surface area contributed by atoms with Gasteiger partial charge in [0.1, 0.15) is 6.10 Å². The van der Waals surface area contributed by atoms with Crippen LogP contribution in [-0.4, -0.2) is 36.3 Å². The average molecular weight is 298 g/mol. The SMILES string of the molecule is CCc1nc(NC(=O)[C@@H](C)OC[C@H]2CCCO2)sc1C. The summed E-state index contributed by atoms with van der Waals surface area (Å²) in [5.74, 6) is -0.153. The number of anilines is 1. The number of amides is 1. The van der Waals surface area contributed by atoms with Crippen LogP contribution in [0.5, 0.6) is 0 Å². The molecule has 1 aromatic rings. The third kappa shape index (κ3) is 4.01. The second kappa shape index (κ2) is 7.15. The Morgan fingerprint density at radius 2 is 2.45 bits per heavy atom. The number of nitrogens with one attached hydrogen (secondary N) is 1. The molecule has 5 nitrogen and oxygen atoms in total. The number of ether oxygens (including phenoxy) is 2. The van der Waals surface area contributed by atoms with E-state index in [1.807, 2.05) is 6.92 Å². The van der Waals surface area contributed by atoms with Gasteiger partial charge in [-0.1, -0.05) is 6.92 Å². The number of carbonyl (C=O) groups excluding carboxylic acids is 1. The minimum absolute atomic E-state index is 0.138. The van der Waals surface area contributed by atoms with Crippen molar-refractivity contribution in [2.24, 2.45) is 0 Å². The van der Waals surface area contributed by atoms with E-state index in [-0.39, 0.29) is 12.0 Å². The second-order valence-corrected chi connectivity index (χ2v) is 6.18. The Hall–Kier alpha value is -0.980. The van der Waals surface area contributed by atoms with Crippen LogP contribution in [0.15, 0.2) is 0 Å². The molecule has 2 atom stereocenters. The lowest BCUT2D eigenvalue weighted by Gasteiger charge is -2.15. The molecule has 1 aliphatic heterocycles. The quantitative estimate of drug-likeness (QED) is 0.876. The molecule has 2 heterocycles. The van der Waals surface area contributed by atoms with Crippen LogP contribution < -0.4 is 5.32 Å². The molecule has 112 valence electrons. The van der Waals surface area contributed by atoms with Gasteiger partial charge in [0, 0.05) is 11.5 Å². The molecule has 1 aliphatic rings. The molecule has 0 saturated carbocycles. The van der Waals surface area contributed by atoms with Crippen molar-refractivity contribution in [3.05, 3.63) is 10.6 Å². The Labute approximate surface area is 123 Å². The van der Waals surface area contributed by atoms with E-state index < -0.39 is 6.10 Å². The van der Waals surface area contributed by atoms with E-state index in [1.165, 1.54) is 11.3 Å². The van der Waals surface area contributed by atoms with Crippen molar-refractivity contribution < 1.29 is 14.3 Å². The summed E-state index contributed by atoms with van der Waals surface area (Å²) in [6, 6.07) is 0. The zero-order chi connectivity index (χ0) is 14.5. The van der Waals surface area contributed by atoms with Gasteiger partial charge < -0.3 is 9.47 Å². The molecule has 1 saturated heterocycles. The van der Waals surface area contributed by atoms with Crippen molar-refractivity contribution in [1.82, 2.24) is 4.98 Å². The largest absolute Gasteiger partial charge is 0.376 e. The normalized spacial score (nSPS) is 20.1. The van der Waals surface area contributed by atoms with Gasteiger partial charge >= 0.3 is 0 Å². The number of rotatable bonds is 6. The van der Waals surface area contributed by atoms with Crippen molar-refractivity contribution in [2.75, 3.05) is 18.5 Å². The molecule has 2 rings (SSSR count). The third-order valence-corrected chi connectivity index (χ3v) is 4.31. The fraction of sp³-hybridized carbons (Fsp3) is 0.714. The average Bonchev–Trinajstić information content (AvgIpc) is 3.05. The molecule has 0 spiro atoms. The van der Waals surface area contributed by atoms with E-state index in [9.17, 15) is 4.79 Å². The first-order chi connectivity index (χ1) is 9.60. The predicted octanol–water partition coefficient (Wildman–Crippen LogP) is 2.54. The first kappa shape index (κ1) is 15.4. The van der Waals surface area contributed by atoms with E-state index in [2.05, 4.69) is 17.2 Å². The van der Waals surface area contributed by atoms with Crippen LogP contribution in [0.4, 0.5) is 5.13 Å². The van der Waals surface area contributed by atoms with Gasteiger partial charge in [-0.25, -0.2) is 4.98 Å². The maximum atomic E-state index is 12.0. The summed E-state index contributed by atoms with van der Waals surface area (Å²) in [6.45, 7) is 7.11. The molecule has 0 aliphatic carbocycles. The maximum Gasteiger partial charge on any atom is 0.254 e. The lowest BCUT2D eigenvalue weighted by molar-refractivity contribution is -0.128. The van der Waals surface area contributed by atoms with E-state index in [4.69, 9.17) is 9.47 Å². The number of nitrogens with zero attached hydrogens (tertiary/aromatic N) is 1. The van der Waals surface area contributed by atoms with Crippen molar-refractivity contribution in [1.29, 1.82) is 0 Å². The van der Waals surface area contributed by atoms with Crippen LogP contribution in [0.3, 0.4) is 0 Å². The molecule has 1 fully saturated rings. The van der Waals surface area contributed by atoms with Gasteiger partial charge in [-0.15, -0.1) is 11.3 Å². The molecule has 20 heavy (non-hydrogen) atoms. The summed E-state index contributed by atoms with van der Waals surface area (Å²) >= 11 is 1.50. The number of aryl methyl sites for hydroxylation is 2. The summed E-state index contributed by atoms with van der Waals surface area (Å²) in [5, 5.41) is 3.47. The van der Waals surface area contributed by atoms with Crippen molar-refractivity contribution in [2.45, 2.75) is 52.2 Å². The zero-order valence-corrected chi connectivity index (χ0v) is 13.1. The van der Waals surface area contributed by atoms with Crippen LogP contribution in [-0.2, 0) is 20.7 Å². The van der Waals surface area contributed by atoms with Crippen molar-refractivity contribution in [3.63, 3.8) is 0 Å². The molecular formula is C14H22N2O3S. The minimum atomic E-state index is -0.492. The summed E-state index contributed by atoms with van der Waals surface area (Å²) in [6.07, 6.45) is 2.61. The first-order valence-electron chi connectivity index (χ1n) is 7.10. The third-order valence-electron chi connectivity index (χ3n) is 3.38. The smallest absolute Gasteiger partial charge is 0.254 e. The summed E-state index contributed by atoms with van der Waals surface area (Å²) in [4.78, 5) is 17.6. The number of carbonyl (C=O) groups is 1. The van der Waals surface area contributed by atoms with Gasteiger partial charge in [-0.2, -0.15) is 0 Å². The van der Waals surface area contributed by atoms with Crippen molar-refractivity contribution in [3.8, 4) is 0 Å². The number of hydrogen-bond donors (Lipinski definition) is 1. The molecule has 0 aromatic carbocycles. The molecule has 0 unspecified atom stereocenters. The van der Waals surface area contributed by atoms with Gasteiger partial charge in [0.25, 0.3) is 5.91 Å². The van der Waals surface area contributed by atoms with E-state index in [0.29, 0.717) is 11.7 Å². The van der Waals surface area contributed by atoms with Gasteiger partial charge in [0.2, 0.25) is 0 Å². The Bertz CT molecular complexity index is 455. The van der Waals surface area contributed by atoms with Gasteiger partial charge in [0.05, 0.1) is 18.4 Å². The fourth-order valence-corrected chi connectivity index (χ4v) is 3.02. The van der Waals surface area contributed by atoms with Crippen LogP contribution in [0.1, 0.15) is 37.3 Å². The van der Waals surface area contributed by atoms with Crippen molar-refractivity contribution >= 4 is 22.4 Å². The highest BCUT2D eigenvalue weighted by atomic mass is 32.1. The van der Waals surface area contributed by atoms with Crippen LogP contribution in [0.25, 0.3) is 0 Å². The second-order valence-electron chi connectivity index (χ2n) is 4.98. The first-order valence-corrected chi connectivity index (χ1v) is 7.92. The van der Waals surface area contributed by atoms with Gasteiger partial charge in [0.15, 0.2) is 5.13 Å². The molecular weight excluding hydrogens is 276 g/mol. The monoisotopic (exact) mass is 298 g/mol. The number of hydrogen-bond acceptors (Lipinski definition) is 5. The molecule has 6 heteroatoms. The fourth-order valence-electron chi connectivity index (χ4n) is 2.12. The highest BCUT2D eigenvalue weighted by Gasteiger charge is 2.20. The van der Waals surface area contributed by atoms with Gasteiger partial charge in [-0.3, -0.25) is 10.1 Å². The zero-order valence-electron chi connectivity index (χ0n) is 12.3. The molecule has 0 bridgehead atoms. The topological polar surface area (TPSA) is 60.5 Å². The lowest BCUT2D eigenvalue weighted by atomic mass is 10.2. The maximum absolute atomic E-state index is 12.0. The summed E-state index contributed by atoms with van der Waals surface area (Å²) in [7, 11) is 0. The Kier molecular flexibility index (Phi) is 5.51. The number of thiazole rings is 1. The Balaban J connectivity index is 1.80. The Morgan fingerprint density at radius 1 is 1.65 bits per heavy atom. The highest BCUT2D eigenvalue weighted by Crippen LogP contribution is 2.22. The minimum Gasteiger partial charge on any atom is -0.376 e. The number of aromatic nitrogens is 1. The van der Waals surface area contributed by atoms with Crippen LogP contribution >= 0.6 is 11.3 Å². The molecule has 1 aromatic heterocycles. The Morgan fingerprint density at radius 3 is 3.05 bits per heavy atom. The van der Waals surface area contributed by atoms with E-state index >= 15 is 0 Å². The molecule has 1 amide bonds. The van der Waals surface area contributed by atoms with E-state index in [0.717, 1.165) is 36.4 Å². The highest BCUT2D eigenvalue weighted by molar-refractivity contribution is 7.15. The predicted molar refractivity (Wildman–Crippen MR) is 79.2 cm³/mol. The summed E-state index contributed by atoms with van der Waals surface area (Å²) in [5.41, 5.74) is 1.04. The standard InChI is InChI=1S/C14H22N2O3S/c1-4-12-10(3)20-14(15-12)16-13(17)9(2)19-8-11-6-5-7-18-11/h9,11H,4-8H2,1-3H3,(H,15,16,17)/t9-,11-/m1/s1.